The lowest BCUT2D eigenvalue weighted by Gasteiger charge is -2.17. The fourth-order valence-electron chi connectivity index (χ4n) is 1.44. The summed E-state index contributed by atoms with van der Waals surface area (Å²) in [5.41, 5.74) is 0. The molecule has 0 aliphatic carbocycles. The van der Waals surface area contributed by atoms with Gasteiger partial charge in [-0.3, -0.25) is 0 Å². The Labute approximate surface area is 103 Å². The zero-order valence-corrected chi connectivity index (χ0v) is 10.8. The highest BCUT2D eigenvalue weighted by atomic mass is 16.5. The van der Waals surface area contributed by atoms with Gasteiger partial charge >= 0.3 is 0 Å². The topological polar surface area (TPSA) is 38.7 Å². The number of hydrogen-bond acceptors (Lipinski definition) is 3. The second-order valence-electron chi connectivity index (χ2n) is 4.17. The molecule has 96 valence electrons. The Bertz CT molecular complexity index is 325. The average molecular weight is 238 g/mol. The third kappa shape index (κ3) is 4.65. The van der Waals surface area contributed by atoms with Gasteiger partial charge in [-0.25, -0.2) is 0 Å². The van der Waals surface area contributed by atoms with Crippen LogP contribution in [0.3, 0.4) is 0 Å². The van der Waals surface area contributed by atoms with Crippen molar-refractivity contribution in [1.29, 1.82) is 0 Å². The van der Waals surface area contributed by atoms with Crippen LogP contribution < -0.4 is 9.47 Å². The highest BCUT2D eigenvalue weighted by molar-refractivity contribution is 5.32. The summed E-state index contributed by atoms with van der Waals surface area (Å²) in [5.74, 6) is 1.78. The Kier molecular flexibility index (Phi) is 5.84. The second kappa shape index (κ2) is 7.17. The van der Waals surface area contributed by atoms with E-state index in [0.29, 0.717) is 13.2 Å². The summed E-state index contributed by atoms with van der Waals surface area (Å²) in [5, 5.41) is 9.80. The number of rotatable bonds is 7. The van der Waals surface area contributed by atoms with Crippen LogP contribution in [0.1, 0.15) is 27.2 Å². The van der Waals surface area contributed by atoms with Gasteiger partial charge in [-0.15, -0.1) is 0 Å². The van der Waals surface area contributed by atoms with Gasteiger partial charge in [0, 0.05) is 6.07 Å². The number of ether oxygens (including phenoxy) is 2. The summed E-state index contributed by atoms with van der Waals surface area (Å²) >= 11 is 0. The van der Waals surface area contributed by atoms with Crippen LogP contribution in [-0.2, 0) is 0 Å². The van der Waals surface area contributed by atoms with Crippen molar-refractivity contribution in [3.05, 3.63) is 24.3 Å². The van der Waals surface area contributed by atoms with Crippen LogP contribution in [0.2, 0.25) is 0 Å². The highest BCUT2D eigenvalue weighted by Crippen LogP contribution is 2.20. The zero-order valence-electron chi connectivity index (χ0n) is 10.8. The molecule has 1 aromatic rings. The van der Waals surface area contributed by atoms with Crippen molar-refractivity contribution in [2.45, 2.75) is 33.3 Å². The minimum Gasteiger partial charge on any atom is -0.494 e. The third-order valence-electron chi connectivity index (χ3n) is 2.84. The van der Waals surface area contributed by atoms with Gasteiger partial charge in [0.15, 0.2) is 0 Å². The normalized spacial score (nSPS) is 14.1. The van der Waals surface area contributed by atoms with Crippen LogP contribution >= 0.6 is 0 Å². The maximum absolute atomic E-state index is 9.80. The van der Waals surface area contributed by atoms with Crippen LogP contribution in [0.4, 0.5) is 0 Å². The van der Waals surface area contributed by atoms with Gasteiger partial charge in [-0.2, -0.15) is 0 Å². The van der Waals surface area contributed by atoms with E-state index in [-0.39, 0.29) is 5.92 Å². The molecule has 0 aliphatic heterocycles. The molecule has 17 heavy (non-hydrogen) atoms. The number of aliphatic hydroxyl groups is 1. The summed E-state index contributed by atoms with van der Waals surface area (Å²) in [4.78, 5) is 0. The van der Waals surface area contributed by atoms with Gasteiger partial charge in [0.05, 0.1) is 12.7 Å². The van der Waals surface area contributed by atoms with E-state index >= 15 is 0 Å². The maximum atomic E-state index is 9.80. The Hall–Kier alpha value is -1.22. The lowest BCUT2D eigenvalue weighted by molar-refractivity contribution is 0.0621. The summed E-state index contributed by atoms with van der Waals surface area (Å²) in [6.07, 6.45) is 0.527. The first-order chi connectivity index (χ1) is 8.17. The fourth-order valence-corrected chi connectivity index (χ4v) is 1.44. The zero-order chi connectivity index (χ0) is 12.7. The highest BCUT2D eigenvalue weighted by Gasteiger charge is 2.12. The Morgan fingerprint density at radius 1 is 1.18 bits per heavy atom. The first kappa shape index (κ1) is 13.8. The molecule has 2 unspecified atom stereocenters. The largest absolute Gasteiger partial charge is 0.494 e. The standard InChI is InChI=1S/C14H22O3/c1-4-11(3)14(15)10-17-13-8-6-7-12(9-13)16-5-2/h6-9,11,14-15H,4-5,10H2,1-3H3. The second-order valence-corrected chi connectivity index (χ2v) is 4.17. The van der Waals surface area contributed by atoms with Crippen LogP contribution in [0.5, 0.6) is 11.5 Å². The molecule has 0 aliphatic rings. The predicted molar refractivity (Wildman–Crippen MR) is 68.6 cm³/mol. The molecule has 0 bridgehead atoms. The van der Waals surface area contributed by atoms with E-state index in [1.807, 2.05) is 38.1 Å². The molecule has 0 fully saturated rings. The smallest absolute Gasteiger partial charge is 0.123 e. The quantitative estimate of drug-likeness (QED) is 0.794. The molecule has 1 rings (SSSR count). The molecular formula is C14H22O3. The average Bonchev–Trinajstić information content (AvgIpc) is 2.36. The SMILES string of the molecule is CCOc1cccc(OCC(O)C(C)CC)c1. The predicted octanol–water partition coefficient (Wildman–Crippen LogP) is 2.87. The molecule has 0 radical (unpaired) electrons. The first-order valence-corrected chi connectivity index (χ1v) is 6.21. The van der Waals surface area contributed by atoms with E-state index in [9.17, 15) is 5.11 Å². The lowest BCUT2D eigenvalue weighted by Crippen LogP contribution is -2.24. The summed E-state index contributed by atoms with van der Waals surface area (Å²) in [6.45, 7) is 6.98. The number of hydrogen-bond donors (Lipinski definition) is 1. The molecule has 0 aromatic heterocycles. The Morgan fingerprint density at radius 3 is 2.41 bits per heavy atom. The molecular weight excluding hydrogens is 216 g/mol. The van der Waals surface area contributed by atoms with Crippen molar-refractivity contribution >= 4 is 0 Å². The van der Waals surface area contributed by atoms with E-state index in [4.69, 9.17) is 9.47 Å². The molecule has 3 heteroatoms. The molecule has 0 saturated heterocycles. The summed E-state index contributed by atoms with van der Waals surface area (Å²) in [7, 11) is 0. The first-order valence-electron chi connectivity index (χ1n) is 6.21. The van der Waals surface area contributed by atoms with Gasteiger partial charge in [0.2, 0.25) is 0 Å². The van der Waals surface area contributed by atoms with Gasteiger partial charge in [-0.1, -0.05) is 26.3 Å². The molecule has 1 aromatic carbocycles. The molecule has 1 N–H and O–H groups in total. The number of aliphatic hydroxyl groups excluding tert-OH is 1. The van der Waals surface area contributed by atoms with Crippen LogP contribution in [-0.4, -0.2) is 24.4 Å². The third-order valence-corrected chi connectivity index (χ3v) is 2.84. The Morgan fingerprint density at radius 2 is 1.82 bits per heavy atom. The van der Waals surface area contributed by atoms with E-state index in [1.165, 1.54) is 0 Å². The van der Waals surface area contributed by atoms with E-state index in [1.54, 1.807) is 0 Å². The summed E-state index contributed by atoms with van der Waals surface area (Å²) in [6, 6.07) is 7.48. The molecule has 3 nitrogen and oxygen atoms in total. The maximum Gasteiger partial charge on any atom is 0.123 e. The van der Waals surface area contributed by atoms with Crippen molar-refractivity contribution in [2.75, 3.05) is 13.2 Å². The molecule has 2 atom stereocenters. The van der Waals surface area contributed by atoms with Crippen molar-refractivity contribution in [2.24, 2.45) is 5.92 Å². The summed E-state index contributed by atoms with van der Waals surface area (Å²) < 4.78 is 10.9. The van der Waals surface area contributed by atoms with Crippen molar-refractivity contribution < 1.29 is 14.6 Å². The van der Waals surface area contributed by atoms with E-state index < -0.39 is 6.10 Å². The van der Waals surface area contributed by atoms with Crippen molar-refractivity contribution in [3.63, 3.8) is 0 Å². The van der Waals surface area contributed by atoms with Crippen LogP contribution in [0.15, 0.2) is 24.3 Å². The molecule has 0 amide bonds. The minimum absolute atomic E-state index is 0.255. The van der Waals surface area contributed by atoms with Gasteiger partial charge in [-0.05, 0) is 25.0 Å². The Balaban J connectivity index is 2.48. The lowest BCUT2D eigenvalue weighted by atomic mass is 10.0. The van der Waals surface area contributed by atoms with Gasteiger partial charge in [0.1, 0.15) is 18.1 Å². The van der Waals surface area contributed by atoms with Crippen molar-refractivity contribution in [1.82, 2.24) is 0 Å². The fraction of sp³-hybridized carbons (Fsp3) is 0.571. The number of benzene rings is 1. The van der Waals surface area contributed by atoms with Crippen LogP contribution in [0.25, 0.3) is 0 Å². The van der Waals surface area contributed by atoms with Crippen LogP contribution in [0, 0.1) is 5.92 Å². The minimum atomic E-state index is -0.421. The molecule has 0 spiro atoms. The monoisotopic (exact) mass is 238 g/mol. The van der Waals surface area contributed by atoms with Gasteiger partial charge < -0.3 is 14.6 Å². The molecule has 0 saturated carbocycles. The molecule has 0 heterocycles. The van der Waals surface area contributed by atoms with Gasteiger partial charge in [0.25, 0.3) is 0 Å². The van der Waals surface area contributed by atoms with E-state index in [0.717, 1.165) is 17.9 Å². The van der Waals surface area contributed by atoms with E-state index in [2.05, 4.69) is 6.92 Å². The van der Waals surface area contributed by atoms with Crippen molar-refractivity contribution in [3.8, 4) is 11.5 Å².